The monoisotopic (exact) mass is 277 g/mol. The Hall–Kier alpha value is -0.970. The molecule has 0 amide bonds. The molecular formula is C15H23N3S. The fourth-order valence-corrected chi connectivity index (χ4v) is 3.17. The number of thiazole rings is 1. The number of nitrogens with zero attached hydrogens (tertiary/aromatic N) is 1. The fourth-order valence-electron chi connectivity index (χ4n) is 2.20. The van der Waals surface area contributed by atoms with Crippen LogP contribution in [0.1, 0.15) is 25.3 Å². The van der Waals surface area contributed by atoms with Gasteiger partial charge in [0.25, 0.3) is 0 Å². The zero-order valence-corrected chi connectivity index (χ0v) is 12.5. The molecule has 1 aromatic carbocycles. The van der Waals surface area contributed by atoms with E-state index in [-0.39, 0.29) is 6.04 Å². The van der Waals surface area contributed by atoms with Gasteiger partial charge < -0.3 is 11.1 Å². The Balaban J connectivity index is 1.73. The summed E-state index contributed by atoms with van der Waals surface area (Å²) in [5, 5.41) is 4.63. The molecule has 4 heteroatoms. The van der Waals surface area contributed by atoms with E-state index in [0.717, 1.165) is 31.4 Å². The second-order valence-corrected chi connectivity index (χ2v) is 6.53. The molecule has 0 saturated carbocycles. The lowest BCUT2D eigenvalue weighted by Crippen LogP contribution is -2.35. The largest absolute Gasteiger partial charge is 0.327 e. The normalized spacial score (nSPS) is 13.3. The maximum atomic E-state index is 6.04. The van der Waals surface area contributed by atoms with Crippen LogP contribution in [-0.4, -0.2) is 24.1 Å². The average molecular weight is 277 g/mol. The highest BCUT2D eigenvalue weighted by atomic mass is 32.1. The van der Waals surface area contributed by atoms with E-state index in [4.69, 9.17) is 5.73 Å². The van der Waals surface area contributed by atoms with Crippen molar-refractivity contribution < 1.29 is 0 Å². The van der Waals surface area contributed by atoms with E-state index in [9.17, 15) is 0 Å². The third-order valence-corrected chi connectivity index (χ3v) is 4.13. The van der Waals surface area contributed by atoms with Crippen molar-refractivity contribution in [3.05, 3.63) is 29.3 Å². The zero-order chi connectivity index (χ0) is 13.7. The maximum absolute atomic E-state index is 6.04. The molecule has 0 fully saturated rings. The van der Waals surface area contributed by atoms with Crippen molar-refractivity contribution in [3.8, 4) is 0 Å². The molecule has 104 valence electrons. The van der Waals surface area contributed by atoms with Crippen molar-refractivity contribution in [2.24, 2.45) is 11.7 Å². The second kappa shape index (κ2) is 6.98. The standard InChI is InChI=1S/C15H23N3S/c1-11(2)9-12(16)10-17-8-7-15-18-13-5-3-4-6-14(13)19-15/h3-6,11-12,17H,7-10,16H2,1-2H3. The Morgan fingerprint density at radius 2 is 2.11 bits per heavy atom. The average Bonchev–Trinajstić information content (AvgIpc) is 2.76. The van der Waals surface area contributed by atoms with E-state index in [1.807, 2.05) is 6.07 Å². The van der Waals surface area contributed by atoms with Gasteiger partial charge in [0.1, 0.15) is 0 Å². The lowest BCUT2D eigenvalue weighted by molar-refractivity contribution is 0.469. The van der Waals surface area contributed by atoms with Crippen LogP contribution in [0.5, 0.6) is 0 Å². The SMILES string of the molecule is CC(C)CC(N)CNCCc1nc2ccccc2s1. The smallest absolute Gasteiger partial charge is 0.0951 e. The number of rotatable bonds is 7. The highest BCUT2D eigenvalue weighted by Gasteiger charge is 2.06. The Kier molecular flexibility index (Phi) is 5.31. The molecule has 0 aliphatic rings. The van der Waals surface area contributed by atoms with Crippen LogP contribution in [0.2, 0.25) is 0 Å². The van der Waals surface area contributed by atoms with Crippen LogP contribution >= 0.6 is 11.3 Å². The van der Waals surface area contributed by atoms with E-state index in [2.05, 4.69) is 42.3 Å². The van der Waals surface area contributed by atoms with Gasteiger partial charge in [-0.25, -0.2) is 4.98 Å². The number of aromatic nitrogens is 1. The van der Waals surface area contributed by atoms with Crippen LogP contribution in [0.15, 0.2) is 24.3 Å². The van der Waals surface area contributed by atoms with Gasteiger partial charge in [0.15, 0.2) is 0 Å². The van der Waals surface area contributed by atoms with E-state index >= 15 is 0 Å². The molecule has 0 bridgehead atoms. The minimum atomic E-state index is 0.260. The first-order valence-corrected chi connectivity index (χ1v) is 7.77. The van der Waals surface area contributed by atoms with Crippen molar-refractivity contribution in [3.63, 3.8) is 0 Å². The molecule has 1 heterocycles. The lowest BCUT2D eigenvalue weighted by atomic mass is 10.0. The summed E-state index contributed by atoms with van der Waals surface area (Å²) in [6.07, 6.45) is 2.06. The van der Waals surface area contributed by atoms with E-state index < -0.39 is 0 Å². The molecule has 2 aromatic rings. The summed E-state index contributed by atoms with van der Waals surface area (Å²) >= 11 is 1.78. The Morgan fingerprint density at radius 1 is 1.32 bits per heavy atom. The van der Waals surface area contributed by atoms with Gasteiger partial charge >= 0.3 is 0 Å². The third kappa shape index (κ3) is 4.56. The van der Waals surface area contributed by atoms with Gasteiger partial charge in [-0.3, -0.25) is 0 Å². The lowest BCUT2D eigenvalue weighted by Gasteiger charge is -2.14. The zero-order valence-electron chi connectivity index (χ0n) is 11.7. The summed E-state index contributed by atoms with van der Waals surface area (Å²) in [5.41, 5.74) is 7.15. The molecule has 1 atom stereocenters. The Labute approximate surface area is 119 Å². The van der Waals surface area contributed by atoms with E-state index in [1.54, 1.807) is 11.3 Å². The van der Waals surface area contributed by atoms with Gasteiger partial charge in [0.2, 0.25) is 0 Å². The Bertz CT molecular complexity index is 474. The number of hydrogen-bond acceptors (Lipinski definition) is 4. The maximum Gasteiger partial charge on any atom is 0.0951 e. The topological polar surface area (TPSA) is 50.9 Å². The highest BCUT2D eigenvalue weighted by molar-refractivity contribution is 7.18. The van der Waals surface area contributed by atoms with Crippen LogP contribution in [0.25, 0.3) is 10.2 Å². The molecule has 1 aromatic heterocycles. The van der Waals surface area contributed by atoms with Crippen molar-refractivity contribution >= 4 is 21.6 Å². The van der Waals surface area contributed by atoms with Crippen molar-refractivity contribution in [2.45, 2.75) is 32.7 Å². The number of fused-ring (bicyclic) bond motifs is 1. The van der Waals surface area contributed by atoms with Gasteiger partial charge in [-0.15, -0.1) is 11.3 Å². The van der Waals surface area contributed by atoms with Gasteiger partial charge in [0, 0.05) is 25.6 Å². The van der Waals surface area contributed by atoms with E-state index in [0.29, 0.717) is 5.92 Å². The van der Waals surface area contributed by atoms with Crippen LogP contribution < -0.4 is 11.1 Å². The summed E-state index contributed by atoms with van der Waals surface area (Å²) < 4.78 is 1.27. The molecule has 0 radical (unpaired) electrons. The van der Waals surface area contributed by atoms with Crippen LogP contribution in [0, 0.1) is 5.92 Å². The first-order chi connectivity index (χ1) is 9.15. The second-order valence-electron chi connectivity index (χ2n) is 5.42. The molecule has 2 rings (SSSR count). The van der Waals surface area contributed by atoms with Crippen LogP contribution in [0.4, 0.5) is 0 Å². The van der Waals surface area contributed by atoms with Crippen molar-refractivity contribution in [1.82, 2.24) is 10.3 Å². The van der Waals surface area contributed by atoms with Gasteiger partial charge in [0.05, 0.1) is 15.2 Å². The molecule has 19 heavy (non-hydrogen) atoms. The predicted octanol–water partition coefficient (Wildman–Crippen LogP) is 2.80. The molecule has 0 aliphatic carbocycles. The molecule has 3 nitrogen and oxygen atoms in total. The summed E-state index contributed by atoms with van der Waals surface area (Å²) in [5.74, 6) is 0.668. The number of para-hydroxylation sites is 1. The summed E-state index contributed by atoms with van der Waals surface area (Å²) in [4.78, 5) is 4.63. The third-order valence-electron chi connectivity index (χ3n) is 3.03. The first-order valence-electron chi connectivity index (χ1n) is 6.96. The molecule has 0 spiro atoms. The molecular weight excluding hydrogens is 254 g/mol. The van der Waals surface area contributed by atoms with Crippen LogP contribution in [0.3, 0.4) is 0 Å². The first kappa shape index (κ1) is 14.4. The summed E-state index contributed by atoms with van der Waals surface area (Å²) in [6, 6.07) is 8.56. The number of hydrogen-bond donors (Lipinski definition) is 2. The summed E-state index contributed by atoms with van der Waals surface area (Å²) in [6.45, 7) is 6.26. The molecule has 3 N–H and O–H groups in total. The number of nitrogens with two attached hydrogens (primary N) is 1. The van der Waals surface area contributed by atoms with Gasteiger partial charge in [-0.05, 0) is 24.5 Å². The Morgan fingerprint density at radius 3 is 2.84 bits per heavy atom. The van der Waals surface area contributed by atoms with Crippen molar-refractivity contribution in [1.29, 1.82) is 0 Å². The van der Waals surface area contributed by atoms with Gasteiger partial charge in [-0.2, -0.15) is 0 Å². The minimum absolute atomic E-state index is 0.260. The number of nitrogens with one attached hydrogen (secondary N) is 1. The molecule has 0 saturated heterocycles. The molecule has 1 unspecified atom stereocenters. The van der Waals surface area contributed by atoms with Crippen molar-refractivity contribution in [2.75, 3.05) is 13.1 Å². The quantitative estimate of drug-likeness (QED) is 0.765. The number of benzene rings is 1. The predicted molar refractivity (Wildman–Crippen MR) is 83.6 cm³/mol. The summed E-state index contributed by atoms with van der Waals surface area (Å²) in [7, 11) is 0. The van der Waals surface area contributed by atoms with E-state index in [1.165, 1.54) is 9.71 Å². The minimum Gasteiger partial charge on any atom is -0.327 e. The van der Waals surface area contributed by atoms with Crippen LogP contribution in [-0.2, 0) is 6.42 Å². The fraction of sp³-hybridized carbons (Fsp3) is 0.533. The molecule has 0 aliphatic heterocycles. The highest BCUT2D eigenvalue weighted by Crippen LogP contribution is 2.21. The van der Waals surface area contributed by atoms with Gasteiger partial charge in [-0.1, -0.05) is 26.0 Å².